The van der Waals surface area contributed by atoms with Gasteiger partial charge in [-0.25, -0.2) is 5.48 Å². The van der Waals surface area contributed by atoms with E-state index >= 15 is 0 Å². The van der Waals surface area contributed by atoms with Gasteiger partial charge in [0.2, 0.25) is 5.91 Å². The van der Waals surface area contributed by atoms with Gasteiger partial charge >= 0.3 is 0 Å². The van der Waals surface area contributed by atoms with Gasteiger partial charge in [0.15, 0.2) is 5.78 Å². The second-order valence-corrected chi connectivity index (χ2v) is 15.7. The number of hydrogen-bond donors (Lipinski definition) is 2. The van der Waals surface area contributed by atoms with Crippen molar-refractivity contribution >= 4 is 11.7 Å². The van der Waals surface area contributed by atoms with E-state index in [0.717, 1.165) is 57.8 Å². The van der Waals surface area contributed by atoms with Gasteiger partial charge in [-0.05, 0) is 103 Å². The number of ketones is 1. The Morgan fingerprint density at radius 1 is 1.05 bits per heavy atom. The maximum atomic E-state index is 14.4. The molecule has 0 radical (unpaired) electrons. The number of allylic oxidation sites excluding steroid dienone is 2. The summed E-state index contributed by atoms with van der Waals surface area (Å²) in [6.07, 6.45) is 12.0. The van der Waals surface area contributed by atoms with E-state index in [1.807, 2.05) is 0 Å². The van der Waals surface area contributed by atoms with Gasteiger partial charge in [0, 0.05) is 11.3 Å². The topological polar surface area (TPSA) is 75.6 Å². The van der Waals surface area contributed by atoms with Crippen molar-refractivity contribution in [3.05, 3.63) is 24.3 Å². The first-order valence-corrected chi connectivity index (χ1v) is 15.1. The van der Waals surface area contributed by atoms with Gasteiger partial charge in [0.1, 0.15) is 0 Å². The lowest BCUT2D eigenvalue weighted by atomic mass is 9.33. The highest BCUT2D eigenvalue weighted by Crippen LogP contribution is 2.75. The van der Waals surface area contributed by atoms with Gasteiger partial charge in [-0.15, -0.1) is 6.58 Å². The van der Waals surface area contributed by atoms with Crippen LogP contribution in [0.25, 0.3) is 0 Å². The average molecular weight is 526 g/mol. The fourth-order valence-corrected chi connectivity index (χ4v) is 10.7. The second-order valence-electron chi connectivity index (χ2n) is 15.7. The molecule has 0 aromatic heterocycles. The Labute approximate surface area is 230 Å². The maximum Gasteiger partial charge on any atom is 0.249 e. The number of nitrogens with one attached hydrogen (secondary N) is 1. The van der Waals surface area contributed by atoms with Crippen LogP contribution in [0.15, 0.2) is 24.3 Å². The monoisotopic (exact) mass is 525 g/mol. The van der Waals surface area contributed by atoms with Gasteiger partial charge in [0.25, 0.3) is 0 Å². The molecule has 5 nitrogen and oxygen atoms in total. The predicted octanol–water partition coefficient (Wildman–Crippen LogP) is 6.56. The summed E-state index contributed by atoms with van der Waals surface area (Å²) in [5.74, 6) is 0.767. The molecule has 0 aromatic carbocycles. The van der Waals surface area contributed by atoms with E-state index in [2.05, 4.69) is 66.6 Å². The molecule has 1 unspecified atom stereocenters. The number of aliphatic hydroxyl groups is 1. The zero-order chi connectivity index (χ0) is 27.9. The zero-order valence-electron chi connectivity index (χ0n) is 24.9. The number of amides is 1. The third-order valence-electron chi connectivity index (χ3n) is 13.5. The lowest BCUT2D eigenvalue weighted by Gasteiger charge is -2.70. The van der Waals surface area contributed by atoms with Gasteiger partial charge < -0.3 is 5.11 Å². The average Bonchev–Trinajstić information content (AvgIpc) is 2.84. The molecular weight excluding hydrogens is 474 g/mol. The molecule has 9 atom stereocenters. The van der Waals surface area contributed by atoms with Crippen molar-refractivity contribution in [2.24, 2.45) is 50.2 Å². The Hall–Kier alpha value is -1.46. The summed E-state index contributed by atoms with van der Waals surface area (Å²) in [7, 11) is 0. The lowest BCUT2D eigenvalue weighted by molar-refractivity contribution is -0.202. The Kier molecular flexibility index (Phi) is 6.48. The molecule has 0 aliphatic heterocycles. The van der Waals surface area contributed by atoms with E-state index in [9.17, 15) is 14.7 Å². The standard InChI is InChI=1S/C33H51NO4/c1-9-18-38-34-27(37)30(5)15-14-29(4)16-17-32(7)21(22(29)20-30)19-23(35)26-31(6)12-11-25(36)28(2,3)24(31)10-13-33(26,32)8/h9,19,22,24-26,36H,1,10-18,20H2,2-8H3,(H,34,37)/t22-,24?,25-,26+,29+,30-,31-,32+,33+/m0/s1. The first-order chi connectivity index (χ1) is 17.6. The first kappa shape index (κ1) is 28.1. The number of rotatable bonds is 4. The van der Waals surface area contributed by atoms with Crippen LogP contribution in [0.2, 0.25) is 0 Å². The summed E-state index contributed by atoms with van der Waals surface area (Å²) in [6, 6.07) is 0. The minimum atomic E-state index is -0.529. The molecule has 2 N–H and O–H groups in total. The molecule has 212 valence electrons. The van der Waals surface area contributed by atoms with Crippen molar-refractivity contribution in [3.8, 4) is 0 Å². The van der Waals surface area contributed by atoms with Gasteiger partial charge in [0.05, 0.1) is 12.7 Å². The zero-order valence-corrected chi connectivity index (χ0v) is 24.9. The van der Waals surface area contributed by atoms with Crippen molar-refractivity contribution in [2.75, 3.05) is 6.61 Å². The first-order valence-electron chi connectivity index (χ1n) is 15.1. The number of carbonyl (C=O) groups is 2. The molecule has 5 rings (SSSR count). The summed E-state index contributed by atoms with van der Waals surface area (Å²) in [6.45, 7) is 20.1. The second kappa shape index (κ2) is 8.77. The summed E-state index contributed by atoms with van der Waals surface area (Å²) in [5, 5.41) is 10.9. The molecular formula is C33H51NO4. The highest BCUT2D eigenvalue weighted by molar-refractivity contribution is 5.95. The number of fused-ring (bicyclic) bond motifs is 7. The van der Waals surface area contributed by atoms with Crippen molar-refractivity contribution in [1.82, 2.24) is 5.48 Å². The number of carbonyl (C=O) groups excluding carboxylic acids is 2. The molecule has 38 heavy (non-hydrogen) atoms. The molecule has 0 heterocycles. The normalized spacial score (nSPS) is 49.5. The molecule has 4 fully saturated rings. The van der Waals surface area contributed by atoms with Crippen LogP contribution in [0.3, 0.4) is 0 Å². The van der Waals surface area contributed by atoms with Crippen LogP contribution in [0.4, 0.5) is 0 Å². The molecule has 0 aromatic rings. The minimum absolute atomic E-state index is 0.0239. The number of hydroxylamine groups is 1. The fraction of sp³-hybridized carbons (Fsp3) is 0.818. The van der Waals surface area contributed by atoms with Crippen molar-refractivity contribution < 1.29 is 19.5 Å². The number of hydrogen-bond acceptors (Lipinski definition) is 4. The van der Waals surface area contributed by atoms with Crippen LogP contribution in [0.5, 0.6) is 0 Å². The summed E-state index contributed by atoms with van der Waals surface area (Å²) in [4.78, 5) is 33.0. The Morgan fingerprint density at radius 3 is 2.42 bits per heavy atom. The molecule has 0 spiro atoms. The molecule has 5 aliphatic rings. The predicted molar refractivity (Wildman–Crippen MR) is 150 cm³/mol. The van der Waals surface area contributed by atoms with Crippen LogP contribution in [0.1, 0.15) is 106 Å². The molecule has 0 bridgehead atoms. The van der Waals surface area contributed by atoms with Crippen molar-refractivity contribution in [3.63, 3.8) is 0 Å². The third kappa shape index (κ3) is 3.62. The Bertz CT molecular complexity index is 1060. The maximum absolute atomic E-state index is 14.4. The summed E-state index contributed by atoms with van der Waals surface area (Å²) in [5.41, 5.74) is 3.08. The summed E-state index contributed by atoms with van der Waals surface area (Å²) < 4.78 is 0. The molecule has 1 amide bonds. The minimum Gasteiger partial charge on any atom is -0.393 e. The van der Waals surface area contributed by atoms with Crippen LogP contribution in [-0.4, -0.2) is 29.5 Å². The van der Waals surface area contributed by atoms with Gasteiger partial charge in [-0.1, -0.05) is 60.1 Å². The Balaban J connectivity index is 1.54. The lowest BCUT2D eigenvalue weighted by Crippen LogP contribution is -2.66. The highest BCUT2D eigenvalue weighted by atomic mass is 16.6. The van der Waals surface area contributed by atoms with Crippen molar-refractivity contribution in [2.45, 2.75) is 112 Å². The van der Waals surface area contributed by atoms with Gasteiger partial charge in [-0.2, -0.15) is 0 Å². The largest absolute Gasteiger partial charge is 0.393 e. The molecule has 4 saturated carbocycles. The summed E-state index contributed by atoms with van der Waals surface area (Å²) >= 11 is 0. The van der Waals surface area contributed by atoms with Crippen LogP contribution in [-0.2, 0) is 14.4 Å². The van der Waals surface area contributed by atoms with Crippen LogP contribution >= 0.6 is 0 Å². The number of aliphatic hydroxyl groups excluding tert-OH is 1. The molecule has 0 saturated heterocycles. The van der Waals surface area contributed by atoms with E-state index in [1.54, 1.807) is 6.08 Å². The molecule has 5 heteroatoms. The molecule has 5 aliphatic carbocycles. The third-order valence-corrected chi connectivity index (χ3v) is 13.5. The Morgan fingerprint density at radius 2 is 1.74 bits per heavy atom. The van der Waals surface area contributed by atoms with Crippen LogP contribution in [0, 0.1) is 50.2 Å². The highest BCUT2D eigenvalue weighted by Gasteiger charge is 2.70. The van der Waals surface area contributed by atoms with E-state index < -0.39 is 5.41 Å². The fourth-order valence-electron chi connectivity index (χ4n) is 10.7. The van der Waals surface area contributed by atoms with E-state index in [-0.39, 0.29) is 57.5 Å². The smallest absolute Gasteiger partial charge is 0.249 e. The van der Waals surface area contributed by atoms with Crippen LogP contribution < -0.4 is 5.48 Å². The van der Waals surface area contributed by atoms with Gasteiger partial charge in [-0.3, -0.25) is 14.4 Å². The van der Waals surface area contributed by atoms with E-state index in [4.69, 9.17) is 4.84 Å². The van der Waals surface area contributed by atoms with E-state index in [0.29, 0.717) is 11.7 Å². The van der Waals surface area contributed by atoms with Crippen molar-refractivity contribution in [1.29, 1.82) is 0 Å². The van der Waals surface area contributed by atoms with E-state index in [1.165, 1.54) is 5.57 Å². The quantitative estimate of drug-likeness (QED) is 0.248. The SMILES string of the molecule is C=CCONC(=O)[C@@]1(C)CC[C@]2(C)CC[C@]3(C)C(=CC(=O)[C@@H]4[C@@]5(C)CC[C@H](O)C(C)(C)C5CC[C@]43C)[C@@H]2C1.